The summed E-state index contributed by atoms with van der Waals surface area (Å²) in [7, 11) is 0. The van der Waals surface area contributed by atoms with Gasteiger partial charge in [-0.1, -0.05) is 42.5 Å². The van der Waals surface area contributed by atoms with E-state index in [4.69, 9.17) is 13.9 Å². The summed E-state index contributed by atoms with van der Waals surface area (Å²) in [6.45, 7) is 5.42. The zero-order valence-corrected chi connectivity index (χ0v) is 16.8. The van der Waals surface area contributed by atoms with E-state index in [0.29, 0.717) is 18.3 Å². The molecule has 4 rings (SSSR count). The second kappa shape index (κ2) is 9.92. The third-order valence-corrected chi connectivity index (χ3v) is 5.07. The van der Waals surface area contributed by atoms with Crippen molar-refractivity contribution in [3.63, 3.8) is 0 Å². The van der Waals surface area contributed by atoms with Crippen molar-refractivity contribution in [1.82, 2.24) is 4.98 Å². The maximum atomic E-state index is 9.33. The van der Waals surface area contributed by atoms with E-state index in [0.717, 1.165) is 49.7 Å². The minimum atomic E-state index is 0.162. The molecule has 0 amide bonds. The number of hydrogen-bond acceptors (Lipinski definition) is 6. The summed E-state index contributed by atoms with van der Waals surface area (Å²) < 4.78 is 16.9. The molecule has 2 N–H and O–H groups in total. The SMILES string of the molecule is N#Cc1nc(COc2ccc(-c3ccccc3)cc2)oc1NCC[NH+]1CCOCC1. The van der Waals surface area contributed by atoms with Gasteiger partial charge in [0.15, 0.2) is 6.61 Å². The predicted molar refractivity (Wildman–Crippen MR) is 112 cm³/mol. The van der Waals surface area contributed by atoms with E-state index in [1.807, 2.05) is 42.5 Å². The first-order chi connectivity index (χ1) is 14.8. The maximum Gasteiger partial charge on any atom is 0.236 e. The van der Waals surface area contributed by atoms with E-state index < -0.39 is 0 Å². The summed E-state index contributed by atoms with van der Waals surface area (Å²) in [4.78, 5) is 5.71. The Balaban J connectivity index is 1.30. The number of morpholine rings is 1. The Bertz CT molecular complexity index is 974. The van der Waals surface area contributed by atoms with Gasteiger partial charge in [-0.15, -0.1) is 0 Å². The summed E-state index contributed by atoms with van der Waals surface area (Å²) >= 11 is 0. The Labute approximate surface area is 175 Å². The van der Waals surface area contributed by atoms with Gasteiger partial charge in [0.25, 0.3) is 0 Å². The largest absolute Gasteiger partial charge is 0.484 e. The third-order valence-electron chi connectivity index (χ3n) is 5.07. The Kier molecular flexibility index (Phi) is 6.60. The number of nitrogens with one attached hydrogen (secondary N) is 2. The van der Waals surface area contributed by atoms with Crippen LogP contribution in [0.1, 0.15) is 11.6 Å². The molecule has 3 aromatic rings. The molecule has 0 aliphatic carbocycles. The average molecular weight is 405 g/mol. The molecule has 154 valence electrons. The molecule has 7 heteroatoms. The second-order valence-electron chi connectivity index (χ2n) is 7.12. The van der Waals surface area contributed by atoms with Crippen LogP contribution >= 0.6 is 0 Å². The van der Waals surface area contributed by atoms with Crippen LogP contribution in [0.5, 0.6) is 5.75 Å². The number of benzene rings is 2. The smallest absolute Gasteiger partial charge is 0.236 e. The van der Waals surface area contributed by atoms with Crippen molar-refractivity contribution in [3.05, 3.63) is 66.2 Å². The minimum absolute atomic E-state index is 0.162. The van der Waals surface area contributed by atoms with Crippen LogP contribution in [0.2, 0.25) is 0 Å². The van der Waals surface area contributed by atoms with Crippen molar-refractivity contribution < 1.29 is 18.8 Å². The normalized spacial score (nSPS) is 14.2. The number of hydrogen-bond donors (Lipinski definition) is 2. The molecular formula is C23H25N4O3+. The molecule has 0 bridgehead atoms. The highest BCUT2D eigenvalue weighted by atomic mass is 16.5. The van der Waals surface area contributed by atoms with Crippen LogP contribution in [-0.4, -0.2) is 44.4 Å². The van der Waals surface area contributed by atoms with Crippen LogP contribution < -0.4 is 15.0 Å². The lowest BCUT2D eigenvalue weighted by atomic mass is 10.1. The lowest BCUT2D eigenvalue weighted by molar-refractivity contribution is -0.906. The fourth-order valence-corrected chi connectivity index (χ4v) is 3.40. The van der Waals surface area contributed by atoms with E-state index in [-0.39, 0.29) is 12.3 Å². The van der Waals surface area contributed by atoms with Crippen LogP contribution in [-0.2, 0) is 11.3 Å². The number of quaternary nitrogens is 1. The molecule has 0 atom stereocenters. The topological polar surface area (TPSA) is 84.8 Å². The summed E-state index contributed by atoms with van der Waals surface area (Å²) in [5.74, 6) is 1.50. The third kappa shape index (κ3) is 5.17. The van der Waals surface area contributed by atoms with Gasteiger partial charge in [-0.05, 0) is 23.3 Å². The van der Waals surface area contributed by atoms with Crippen LogP contribution in [0.4, 0.5) is 5.88 Å². The van der Waals surface area contributed by atoms with Crippen molar-refractivity contribution in [2.45, 2.75) is 6.61 Å². The molecule has 0 radical (unpaired) electrons. The van der Waals surface area contributed by atoms with E-state index in [1.165, 1.54) is 4.90 Å². The molecule has 1 saturated heterocycles. The summed E-state index contributed by atoms with van der Waals surface area (Å²) in [5.41, 5.74) is 2.54. The second-order valence-corrected chi connectivity index (χ2v) is 7.12. The van der Waals surface area contributed by atoms with Crippen LogP contribution in [0.3, 0.4) is 0 Å². The van der Waals surface area contributed by atoms with Crippen molar-refractivity contribution in [2.24, 2.45) is 0 Å². The van der Waals surface area contributed by atoms with Crippen LogP contribution in [0, 0.1) is 11.3 Å². The molecule has 1 aliphatic heterocycles. The van der Waals surface area contributed by atoms with Gasteiger partial charge in [0, 0.05) is 0 Å². The monoisotopic (exact) mass is 405 g/mol. The molecule has 30 heavy (non-hydrogen) atoms. The average Bonchev–Trinajstić information content (AvgIpc) is 3.21. The van der Waals surface area contributed by atoms with Crippen molar-refractivity contribution in [1.29, 1.82) is 5.26 Å². The lowest BCUT2D eigenvalue weighted by Crippen LogP contribution is -3.14. The predicted octanol–water partition coefficient (Wildman–Crippen LogP) is 2.12. The summed E-state index contributed by atoms with van der Waals surface area (Å²) in [6.07, 6.45) is 0. The Morgan fingerprint density at radius 1 is 1.03 bits per heavy atom. The molecule has 1 aliphatic rings. The number of oxazole rings is 1. The standard InChI is InChI=1S/C23H24N4O3/c24-16-21-23(25-10-11-27-12-14-28-15-13-27)30-22(26-21)17-29-20-8-6-19(7-9-20)18-4-2-1-3-5-18/h1-9,25H,10-15,17H2/p+1. The zero-order valence-electron chi connectivity index (χ0n) is 16.8. The number of rotatable bonds is 8. The van der Waals surface area contributed by atoms with Crippen molar-refractivity contribution in [3.8, 4) is 22.9 Å². The Morgan fingerprint density at radius 3 is 2.50 bits per heavy atom. The van der Waals surface area contributed by atoms with Crippen molar-refractivity contribution in [2.75, 3.05) is 44.7 Å². The first-order valence-corrected chi connectivity index (χ1v) is 10.1. The number of ether oxygens (including phenoxy) is 2. The number of nitriles is 1. The van der Waals surface area contributed by atoms with Gasteiger partial charge in [-0.3, -0.25) is 0 Å². The van der Waals surface area contributed by atoms with Gasteiger partial charge in [0.1, 0.15) is 24.9 Å². The highest BCUT2D eigenvalue weighted by molar-refractivity contribution is 5.63. The van der Waals surface area contributed by atoms with Gasteiger partial charge in [-0.2, -0.15) is 10.2 Å². The zero-order chi connectivity index (χ0) is 20.6. The molecule has 0 spiro atoms. The van der Waals surface area contributed by atoms with Crippen LogP contribution in [0.15, 0.2) is 59.0 Å². The highest BCUT2D eigenvalue weighted by Crippen LogP contribution is 2.23. The molecule has 2 aromatic carbocycles. The number of nitrogens with zero attached hydrogens (tertiary/aromatic N) is 2. The van der Waals surface area contributed by atoms with Gasteiger partial charge in [-0.25, -0.2) is 0 Å². The van der Waals surface area contributed by atoms with E-state index in [9.17, 15) is 5.26 Å². The highest BCUT2D eigenvalue weighted by Gasteiger charge is 2.16. The Morgan fingerprint density at radius 2 is 1.77 bits per heavy atom. The fraction of sp³-hybridized carbons (Fsp3) is 0.304. The molecule has 0 saturated carbocycles. The van der Waals surface area contributed by atoms with Gasteiger partial charge in [0.05, 0.1) is 26.3 Å². The van der Waals surface area contributed by atoms with E-state index in [1.54, 1.807) is 0 Å². The van der Waals surface area contributed by atoms with E-state index in [2.05, 4.69) is 28.5 Å². The van der Waals surface area contributed by atoms with Crippen LogP contribution in [0.25, 0.3) is 11.1 Å². The molecule has 1 fully saturated rings. The molecular weight excluding hydrogens is 380 g/mol. The molecule has 2 heterocycles. The fourth-order valence-electron chi connectivity index (χ4n) is 3.40. The molecule has 7 nitrogen and oxygen atoms in total. The lowest BCUT2D eigenvalue weighted by Gasteiger charge is -2.23. The van der Waals surface area contributed by atoms with Gasteiger partial charge < -0.3 is 24.1 Å². The van der Waals surface area contributed by atoms with Gasteiger partial charge >= 0.3 is 0 Å². The Hall–Kier alpha value is -3.34. The summed E-state index contributed by atoms with van der Waals surface area (Å²) in [5, 5.41) is 12.5. The number of anilines is 1. The maximum absolute atomic E-state index is 9.33. The quantitative estimate of drug-likeness (QED) is 0.597. The summed E-state index contributed by atoms with van der Waals surface area (Å²) in [6, 6.07) is 20.1. The first-order valence-electron chi connectivity index (χ1n) is 10.1. The van der Waals surface area contributed by atoms with E-state index >= 15 is 0 Å². The minimum Gasteiger partial charge on any atom is -0.484 e. The molecule has 0 unspecified atom stereocenters. The molecule has 1 aromatic heterocycles. The number of aromatic nitrogens is 1. The first kappa shape index (κ1) is 20.0. The van der Waals surface area contributed by atoms with Crippen molar-refractivity contribution >= 4 is 5.88 Å². The van der Waals surface area contributed by atoms with Gasteiger partial charge in [0.2, 0.25) is 17.5 Å².